The summed E-state index contributed by atoms with van der Waals surface area (Å²) < 4.78 is 28.4. The molecule has 0 N–H and O–H groups in total. The minimum Gasteiger partial charge on any atom is -0.499 e. The van der Waals surface area contributed by atoms with Gasteiger partial charge in [0.15, 0.2) is 18.3 Å². The van der Waals surface area contributed by atoms with Crippen LogP contribution < -0.4 is 0 Å². The largest absolute Gasteiger partial charge is 0.499 e. The molecule has 0 unspecified atom stereocenters. The Hall–Kier alpha value is -2.49. The lowest BCUT2D eigenvalue weighted by Gasteiger charge is -2.44. The van der Waals surface area contributed by atoms with Gasteiger partial charge in [0.2, 0.25) is 0 Å². The van der Waals surface area contributed by atoms with Gasteiger partial charge in [-0.15, -0.1) is 11.8 Å². The van der Waals surface area contributed by atoms with Crippen molar-refractivity contribution in [1.29, 1.82) is 0 Å². The van der Waals surface area contributed by atoms with Crippen LogP contribution in [0.5, 0.6) is 0 Å². The summed E-state index contributed by atoms with van der Waals surface area (Å²) in [6, 6.07) is 5.41. The Morgan fingerprint density at radius 3 is 2.11 bits per heavy atom. The SMILES string of the molecule is CCO/C(C)=C/C=C(\C)Cc1cc([C@@H]2O[C@H](SC)[C@@H](OC(C)=O)[C@H](OC(C)=O)[C@H]2OC(C)=O)ccc1Cl. The molecular weight excluding hydrogens is 520 g/mol. The molecule has 1 aromatic carbocycles. The van der Waals surface area contributed by atoms with Gasteiger partial charge in [-0.3, -0.25) is 14.4 Å². The van der Waals surface area contributed by atoms with Crippen LogP contribution in [0.1, 0.15) is 58.8 Å². The molecule has 0 saturated carbocycles. The van der Waals surface area contributed by atoms with Crippen LogP contribution in [0.15, 0.2) is 41.7 Å². The lowest BCUT2D eigenvalue weighted by molar-refractivity contribution is -0.233. The minimum atomic E-state index is -1.08. The van der Waals surface area contributed by atoms with E-state index < -0.39 is 47.8 Å². The summed E-state index contributed by atoms with van der Waals surface area (Å²) in [6.07, 6.45) is 2.30. The van der Waals surface area contributed by atoms with E-state index in [1.165, 1.54) is 32.5 Å². The quantitative estimate of drug-likeness (QED) is 0.164. The Morgan fingerprint density at radius 1 is 0.946 bits per heavy atom. The van der Waals surface area contributed by atoms with Crippen molar-refractivity contribution in [3.63, 3.8) is 0 Å². The van der Waals surface area contributed by atoms with Gasteiger partial charge in [0, 0.05) is 25.8 Å². The lowest BCUT2D eigenvalue weighted by atomic mass is 9.92. The van der Waals surface area contributed by atoms with Crippen LogP contribution in [0.3, 0.4) is 0 Å². The van der Waals surface area contributed by atoms with Gasteiger partial charge in [0.1, 0.15) is 11.5 Å². The molecular formula is C27H35ClO8S. The maximum absolute atomic E-state index is 12.1. The second kappa shape index (κ2) is 14.4. The third-order valence-corrected chi connectivity index (χ3v) is 6.69. The summed E-state index contributed by atoms with van der Waals surface area (Å²) in [7, 11) is 0. The van der Waals surface area contributed by atoms with Gasteiger partial charge in [0.25, 0.3) is 0 Å². The summed E-state index contributed by atoms with van der Waals surface area (Å²) in [5.74, 6) is -0.963. The molecule has 1 aromatic rings. The molecule has 0 amide bonds. The predicted octanol–water partition coefficient (Wildman–Crippen LogP) is 5.32. The lowest BCUT2D eigenvalue weighted by Crippen LogP contribution is -2.57. The van der Waals surface area contributed by atoms with Crippen molar-refractivity contribution in [3.8, 4) is 0 Å². The van der Waals surface area contributed by atoms with E-state index in [2.05, 4.69) is 0 Å². The van der Waals surface area contributed by atoms with Crippen LogP contribution >= 0.6 is 23.4 Å². The van der Waals surface area contributed by atoms with Crippen LogP contribution in [-0.2, 0) is 44.5 Å². The van der Waals surface area contributed by atoms with Crippen molar-refractivity contribution in [1.82, 2.24) is 0 Å². The van der Waals surface area contributed by atoms with Gasteiger partial charge in [0.05, 0.1) is 12.4 Å². The van der Waals surface area contributed by atoms with Gasteiger partial charge < -0.3 is 23.7 Å². The zero-order chi connectivity index (χ0) is 27.7. The van der Waals surface area contributed by atoms with E-state index in [0.717, 1.165) is 16.9 Å². The summed E-state index contributed by atoms with van der Waals surface area (Å²) >= 11 is 7.81. The summed E-state index contributed by atoms with van der Waals surface area (Å²) in [6.45, 7) is 10.1. The summed E-state index contributed by atoms with van der Waals surface area (Å²) in [5.41, 5.74) is 1.88. The Balaban J connectivity index is 2.49. The van der Waals surface area contributed by atoms with E-state index in [1.807, 2.05) is 39.0 Å². The number of thioether (sulfide) groups is 1. The predicted molar refractivity (Wildman–Crippen MR) is 142 cm³/mol. The van der Waals surface area contributed by atoms with Crippen molar-refractivity contribution in [2.75, 3.05) is 12.9 Å². The molecule has 0 spiro atoms. The maximum atomic E-state index is 12.1. The van der Waals surface area contributed by atoms with Crippen LogP contribution in [0.2, 0.25) is 5.02 Å². The number of carbonyl (C=O) groups excluding carboxylic acids is 3. The smallest absolute Gasteiger partial charge is 0.303 e. The van der Waals surface area contributed by atoms with Crippen molar-refractivity contribution in [2.45, 2.75) is 77.8 Å². The van der Waals surface area contributed by atoms with Crippen LogP contribution in [0.25, 0.3) is 0 Å². The highest BCUT2D eigenvalue weighted by Gasteiger charge is 2.52. The molecule has 0 bridgehead atoms. The summed E-state index contributed by atoms with van der Waals surface area (Å²) in [4.78, 5) is 35.9. The zero-order valence-electron chi connectivity index (χ0n) is 22.2. The molecule has 10 heteroatoms. The molecule has 2 rings (SSSR count). The number of halogens is 1. The molecule has 8 nitrogen and oxygen atoms in total. The summed E-state index contributed by atoms with van der Waals surface area (Å²) in [5, 5.41) is 0.567. The molecule has 37 heavy (non-hydrogen) atoms. The van der Waals surface area contributed by atoms with Gasteiger partial charge in [-0.05, 0) is 56.7 Å². The number of rotatable bonds is 10. The van der Waals surface area contributed by atoms with Crippen LogP contribution in [0.4, 0.5) is 0 Å². The number of esters is 3. The highest BCUT2D eigenvalue weighted by Crippen LogP contribution is 2.41. The molecule has 1 heterocycles. The van der Waals surface area contributed by atoms with Gasteiger partial charge >= 0.3 is 17.9 Å². The van der Waals surface area contributed by atoms with E-state index in [1.54, 1.807) is 18.4 Å². The van der Waals surface area contributed by atoms with Crippen molar-refractivity contribution in [2.24, 2.45) is 0 Å². The number of carbonyl (C=O) groups is 3. The van der Waals surface area contributed by atoms with Crippen molar-refractivity contribution < 1.29 is 38.1 Å². The molecule has 1 fully saturated rings. The number of ether oxygens (including phenoxy) is 5. The van der Waals surface area contributed by atoms with Crippen molar-refractivity contribution in [3.05, 3.63) is 57.8 Å². The van der Waals surface area contributed by atoms with E-state index in [0.29, 0.717) is 23.6 Å². The molecule has 0 aromatic heterocycles. The topological polar surface area (TPSA) is 97.4 Å². The maximum Gasteiger partial charge on any atom is 0.303 e. The monoisotopic (exact) mass is 554 g/mol. The Labute approximate surface area is 227 Å². The molecule has 5 atom stereocenters. The Kier molecular flexibility index (Phi) is 12.0. The second-order valence-corrected chi connectivity index (χ2v) is 9.98. The zero-order valence-corrected chi connectivity index (χ0v) is 23.8. The second-order valence-electron chi connectivity index (χ2n) is 8.63. The van der Waals surface area contributed by atoms with Gasteiger partial charge in [-0.25, -0.2) is 0 Å². The molecule has 1 saturated heterocycles. The van der Waals surface area contributed by atoms with Gasteiger partial charge in [-0.1, -0.05) is 35.4 Å². The van der Waals surface area contributed by atoms with Crippen LogP contribution in [-0.4, -0.2) is 54.5 Å². The minimum absolute atomic E-state index is 0.558. The normalized spacial score (nSPS) is 24.3. The van der Waals surface area contributed by atoms with Gasteiger partial charge in [-0.2, -0.15) is 0 Å². The Morgan fingerprint density at radius 2 is 1.54 bits per heavy atom. The van der Waals surface area contributed by atoms with Crippen LogP contribution in [0, 0.1) is 0 Å². The molecule has 0 aliphatic carbocycles. The number of allylic oxidation sites excluding steroid dienone is 4. The average molecular weight is 555 g/mol. The third kappa shape index (κ3) is 9.09. The number of benzene rings is 1. The fourth-order valence-corrected chi connectivity index (χ4v) is 4.93. The van der Waals surface area contributed by atoms with Crippen molar-refractivity contribution >= 4 is 41.3 Å². The first-order valence-electron chi connectivity index (χ1n) is 11.9. The first-order chi connectivity index (χ1) is 17.5. The molecule has 1 aliphatic heterocycles. The highest BCUT2D eigenvalue weighted by atomic mass is 35.5. The number of hydrogen-bond donors (Lipinski definition) is 0. The number of hydrogen-bond acceptors (Lipinski definition) is 9. The fraction of sp³-hybridized carbons (Fsp3) is 0.519. The first-order valence-corrected chi connectivity index (χ1v) is 13.6. The fourth-order valence-electron chi connectivity index (χ4n) is 4.03. The van der Waals surface area contributed by atoms with E-state index in [4.69, 9.17) is 35.3 Å². The third-order valence-electron chi connectivity index (χ3n) is 5.48. The first kappa shape index (κ1) is 30.7. The highest BCUT2D eigenvalue weighted by molar-refractivity contribution is 7.99. The molecule has 204 valence electrons. The van der Waals surface area contributed by atoms with E-state index >= 15 is 0 Å². The molecule has 0 radical (unpaired) electrons. The van der Waals surface area contributed by atoms with E-state index in [-0.39, 0.29) is 0 Å². The van der Waals surface area contributed by atoms with E-state index in [9.17, 15) is 14.4 Å². The standard InChI is InChI=1S/C27H35ClO8S/c1-8-32-16(3)10-9-15(2)13-21-14-20(11-12-22(21)28)23-24(33-17(4)29)25(34-18(5)30)26(35-19(6)31)27(36-23)37-7/h9-12,14,23-27H,8,13H2,1-7H3/b15-9+,16-10+/t23-,24-,25+,26-,27+/m0/s1. The average Bonchev–Trinajstić information content (AvgIpc) is 2.81. The Bertz CT molecular complexity index is 1040. The molecule has 1 aliphatic rings.